The Balaban J connectivity index is 2.09. The van der Waals surface area contributed by atoms with Gasteiger partial charge in [0.15, 0.2) is 0 Å². The van der Waals surface area contributed by atoms with Crippen molar-refractivity contribution < 1.29 is 17.9 Å². The summed E-state index contributed by atoms with van der Waals surface area (Å²) in [5.74, 6) is -0.269. The van der Waals surface area contributed by atoms with Crippen LogP contribution in [-0.4, -0.2) is 24.2 Å². The molecule has 9 heteroatoms. The summed E-state index contributed by atoms with van der Waals surface area (Å²) in [6.45, 7) is 1.69. The van der Waals surface area contributed by atoms with Crippen LogP contribution in [0, 0.1) is 0 Å². The first-order chi connectivity index (χ1) is 12.8. The number of halogens is 1. The molecule has 27 heavy (non-hydrogen) atoms. The van der Waals surface area contributed by atoms with Crippen molar-refractivity contribution in [1.29, 1.82) is 0 Å². The smallest absolute Gasteiger partial charge is 0.312 e. The number of carbonyl (C=O) groups is 1. The first-order valence-electron chi connectivity index (χ1n) is 7.98. The lowest BCUT2D eigenvalue weighted by atomic mass is 10.1. The van der Waals surface area contributed by atoms with Gasteiger partial charge in [-0.25, -0.2) is 18.2 Å². The van der Waals surface area contributed by atoms with Gasteiger partial charge in [0.05, 0.1) is 16.3 Å². The van der Waals surface area contributed by atoms with Crippen molar-refractivity contribution in [3.8, 4) is 22.8 Å². The number of hydrogen-bond donors (Lipinski definition) is 1. The van der Waals surface area contributed by atoms with E-state index in [9.17, 15) is 13.2 Å². The summed E-state index contributed by atoms with van der Waals surface area (Å²) in [7, 11) is -3.80. The minimum absolute atomic E-state index is 0.0101. The predicted molar refractivity (Wildman–Crippen MR) is 101 cm³/mol. The maximum atomic E-state index is 11.6. The number of esters is 1. The second-order valence-corrected chi connectivity index (χ2v) is 7.65. The molecule has 0 amide bonds. The van der Waals surface area contributed by atoms with Crippen LogP contribution in [0.4, 0.5) is 0 Å². The molecule has 0 spiro atoms. The molecule has 0 unspecified atom stereocenters. The third kappa shape index (κ3) is 4.36. The van der Waals surface area contributed by atoms with Gasteiger partial charge in [-0.1, -0.05) is 30.7 Å². The summed E-state index contributed by atoms with van der Waals surface area (Å²) in [4.78, 5) is 11.6. The van der Waals surface area contributed by atoms with Crippen LogP contribution in [0.15, 0.2) is 59.5 Å². The highest BCUT2D eigenvalue weighted by atomic mass is 35.5. The highest BCUT2D eigenvalue weighted by Crippen LogP contribution is 2.28. The van der Waals surface area contributed by atoms with E-state index in [1.54, 1.807) is 54.1 Å². The second kappa shape index (κ2) is 7.51. The molecule has 0 atom stereocenters. The molecule has 7 nitrogen and oxygen atoms in total. The van der Waals surface area contributed by atoms with Crippen LogP contribution in [0.1, 0.15) is 13.3 Å². The number of sulfonamides is 1. The van der Waals surface area contributed by atoms with Crippen LogP contribution >= 0.6 is 11.6 Å². The quantitative estimate of drug-likeness (QED) is 0.656. The fraction of sp³-hybridized carbons (Fsp3) is 0.111. The molecule has 140 valence electrons. The highest BCUT2D eigenvalue weighted by molar-refractivity contribution is 7.89. The molecule has 0 saturated heterocycles. The third-order valence-corrected chi connectivity index (χ3v) is 4.93. The zero-order chi connectivity index (χ0) is 19.6. The molecule has 0 aliphatic heterocycles. The van der Waals surface area contributed by atoms with Crippen molar-refractivity contribution in [1.82, 2.24) is 9.78 Å². The third-order valence-electron chi connectivity index (χ3n) is 3.74. The Morgan fingerprint density at radius 2 is 1.78 bits per heavy atom. The highest BCUT2D eigenvalue weighted by Gasteiger charge is 2.16. The molecule has 0 bridgehead atoms. The minimum Gasteiger partial charge on any atom is -0.406 e. The summed E-state index contributed by atoms with van der Waals surface area (Å²) in [5, 5.41) is 10.0. The molecule has 0 radical (unpaired) electrons. The normalized spacial score (nSPS) is 11.4. The molecule has 1 heterocycles. The molecule has 2 aromatic carbocycles. The van der Waals surface area contributed by atoms with E-state index >= 15 is 0 Å². The molecule has 3 rings (SSSR count). The van der Waals surface area contributed by atoms with E-state index in [1.165, 1.54) is 12.1 Å². The van der Waals surface area contributed by atoms with Crippen molar-refractivity contribution in [2.24, 2.45) is 5.14 Å². The topological polar surface area (TPSA) is 104 Å². The van der Waals surface area contributed by atoms with Crippen molar-refractivity contribution in [2.75, 3.05) is 0 Å². The van der Waals surface area contributed by atoms with Crippen LogP contribution in [0.3, 0.4) is 0 Å². The second-order valence-electron chi connectivity index (χ2n) is 5.65. The molecule has 0 aliphatic rings. The maximum Gasteiger partial charge on any atom is 0.312 e. The van der Waals surface area contributed by atoms with E-state index in [4.69, 9.17) is 21.5 Å². The van der Waals surface area contributed by atoms with E-state index < -0.39 is 16.0 Å². The van der Waals surface area contributed by atoms with Crippen molar-refractivity contribution in [2.45, 2.75) is 18.2 Å². The van der Waals surface area contributed by atoms with Gasteiger partial charge < -0.3 is 4.74 Å². The van der Waals surface area contributed by atoms with Gasteiger partial charge in [0, 0.05) is 23.1 Å². The van der Waals surface area contributed by atoms with Gasteiger partial charge in [-0.3, -0.25) is 4.79 Å². The maximum absolute atomic E-state index is 11.6. The van der Waals surface area contributed by atoms with Crippen LogP contribution in [0.5, 0.6) is 5.88 Å². The SMILES string of the molecule is CCC(=O)Oc1cc(-c2ccc(Cl)cc2)n(-c2ccc(S(N)(=O)=O)cc2)n1. The van der Waals surface area contributed by atoms with Gasteiger partial charge in [-0.15, -0.1) is 5.10 Å². The Hall–Kier alpha value is -2.68. The Bertz CT molecular complexity index is 1070. The average molecular weight is 406 g/mol. The monoisotopic (exact) mass is 405 g/mol. The molecule has 3 aromatic rings. The van der Waals surface area contributed by atoms with Crippen LogP contribution in [0.2, 0.25) is 5.02 Å². The number of carbonyl (C=O) groups excluding carboxylic acids is 1. The predicted octanol–water partition coefficient (Wildman–Crippen LogP) is 3.16. The van der Waals surface area contributed by atoms with E-state index in [-0.39, 0.29) is 17.2 Å². The Kier molecular flexibility index (Phi) is 5.31. The number of primary sulfonamides is 1. The lowest BCUT2D eigenvalue weighted by molar-refractivity contribution is -0.134. The molecule has 2 N–H and O–H groups in total. The number of ether oxygens (including phenoxy) is 1. The van der Waals surface area contributed by atoms with Gasteiger partial charge in [-0.05, 0) is 36.4 Å². The van der Waals surface area contributed by atoms with Crippen LogP contribution in [0.25, 0.3) is 16.9 Å². The van der Waals surface area contributed by atoms with Gasteiger partial charge in [-0.2, -0.15) is 0 Å². The summed E-state index contributed by atoms with van der Waals surface area (Å²) in [6, 6.07) is 14.6. The summed E-state index contributed by atoms with van der Waals surface area (Å²) < 4.78 is 29.7. The number of hydrogen-bond acceptors (Lipinski definition) is 5. The number of rotatable bonds is 5. The molecule has 0 aliphatic carbocycles. The number of benzene rings is 2. The van der Waals surface area contributed by atoms with E-state index in [0.29, 0.717) is 16.4 Å². The molecular formula is C18H16ClN3O4S. The zero-order valence-corrected chi connectivity index (χ0v) is 15.9. The fourth-order valence-corrected chi connectivity index (χ4v) is 3.04. The van der Waals surface area contributed by atoms with Gasteiger partial charge >= 0.3 is 5.97 Å². The van der Waals surface area contributed by atoms with Gasteiger partial charge in [0.1, 0.15) is 0 Å². The molecule has 0 saturated carbocycles. The van der Waals surface area contributed by atoms with Crippen molar-refractivity contribution >= 4 is 27.6 Å². The van der Waals surface area contributed by atoms with Gasteiger partial charge in [0.25, 0.3) is 0 Å². The van der Waals surface area contributed by atoms with E-state index in [1.807, 2.05) is 0 Å². The van der Waals surface area contributed by atoms with Crippen molar-refractivity contribution in [3.05, 3.63) is 59.6 Å². The summed E-state index contributed by atoms with van der Waals surface area (Å²) in [6.07, 6.45) is 0.214. The first-order valence-corrected chi connectivity index (χ1v) is 9.90. The molecule has 1 aromatic heterocycles. The zero-order valence-electron chi connectivity index (χ0n) is 14.3. The standard InChI is InChI=1S/C18H16ClN3O4S/c1-2-18(23)26-17-11-16(12-3-5-13(19)6-4-12)22(21-17)14-7-9-15(10-8-14)27(20,24)25/h3-11H,2H2,1H3,(H2,20,24,25). The first kappa shape index (κ1) is 19.1. The minimum atomic E-state index is -3.80. The fourth-order valence-electron chi connectivity index (χ4n) is 2.40. The van der Waals surface area contributed by atoms with Crippen LogP contribution < -0.4 is 9.88 Å². The Morgan fingerprint density at radius 3 is 2.33 bits per heavy atom. The Morgan fingerprint density at radius 1 is 1.15 bits per heavy atom. The number of nitrogens with two attached hydrogens (primary N) is 1. The number of aromatic nitrogens is 2. The van der Waals surface area contributed by atoms with E-state index in [0.717, 1.165) is 5.56 Å². The van der Waals surface area contributed by atoms with Crippen molar-refractivity contribution in [3.63, 3.8) is 0 Å². The lowest BCUT2D eigenvalue weighted by Crippen LogP contribution is -2.12. The Labute approximate surface area is 161 Å². The molecule has 0 fully saturated rings. The number of nitrogens with zero attached hydrogens (tertiary/aromatic N) is 2. The summed E-state index contributed by atoms with van der Waals surface area (Å²) in [5.41, 5.74) is 2.02. The van der Waals surface area contributed by atoms with Crippen LogP contribution in [-0.2, 0) is 14.8 Å². The molecular weight excluding hydrogens is 390 g/mol. The average Bonchev–Trinajstić information content (AvgIpc) is 3.05. The van der Waals surface area contributed by atoms with Gasteiger partial charge in [0.2, 0.25) is 15.9 Å². The van der Waals surface area contributed by atoms with E-state index in [2.05, 4.69) is 5.10 Å². The summed E-state index contributed by atoms with van der Waals surface area (Å²) >= 11 is 5.95. The largest absolute Gasteiger partial charge is 0.406 e. The lowest BCUT2D eigenvalue weighted by Gasteiger charge is -2.08.